The molecule has 2 unspecified atom stereocenters. The molecule has 1 aliphatic carbocycles. The van der Waals surface area contributed by atoms with E-state index in [1.165, 1.54) is 36.1 Å². The second-order valence-corrected chi connectivity index (χ2v) is 6.36. The highest BCUT2D eigenvalue weighted by Crippen LogP contribution is 2.69. The van der Waals surface area contributed by atoms with Gasteiger partial charge in [0, 0.05) is 10.1 Å². The monoisotopic (exact) mass is 234 g/mol. The quantitative estimate of drug-likeness (QED) is 0.528. The molecule has 3 rings (SSSR count). The van der Waals surface area contributed by atoms with E-state index in [1.807, 2.05) is 0 Å². The Morgan fingerprint density at radius 2 is 2.00 bits per heavy atom. The molecule has 1 aromatic carbocycles. The summed E-state index contributed by atoms with van der Waals surface area (Å²) in [5, 5.41) is 0.659. The zero-order valence-corrected chi connectivity index (χ0v) is 10.2. The Balaban J connectivity index is 1.85. The van der Waals surface area contributed by atoms with E-state index in [0.29, 0.717) is 10.00 Å². The van der Waals surface area contributed by atoms with Crippen LogP contribution in [0.5, 0.6) is 0 Å². The van der Waals surface area contributed by atoms with Crippen molar-refractivity contribution >= 4 is 28.8 Å². The molecule has 1 saturated carbocycles. The number of thiocarbonyl (C=S) groups is 1. The van der Waals surface area contributed by atoms with Crippen LogP contribution >= 0.6 is 24.0 Å². The smallest absolute Gasteiger partial charge is 0.0637 e. The molecular weight excluding hydrogens is 220 g/mol. The van der Waals surface area contributed by atoms with Gasteiger partial charge in [-0.3, -0.25) is 0 Å². The second kappa shape index (κ2) is 3.60. The molecule has 2 fully saturated rings. The molecular formula is C13H14S2. The molecule has 0 N–H and O–H groups in total. The van der Waals surface area contributed by atoms with Crippen molar-refractivity contribution in [1.82, 2.24) is 0 Å². The average Bonchev–Trinajstić information content (AvgIpc) is 3.00. The minimum Gasteiger partial charge on any atom is -0.138 e. The maximum absolute atomic E-state index is 5.56. The zero-order valence-electron chi connectivity index (χ0n) is 8.61. The molecule has 2 aliphatic rings. The van der Waals surface area contributed by atoms with Crippen LogP contribution in [0.3, 0.4) is 0 Å². The summed E-state index contributed by atoms with van der Waals surface area (Å²) in [4.78, 5) is 1.33. The maximum Gasteiger partial charge on any atom is 0.0637 e. The van der Waals surface area contributed by atoms with Gasteiger partial charge in [0.2, 0.25) is 0 Å². The van der Waals surface area contributed by atoms with Gasteiger partial charge in [-0.05, 0) is 24.8 Å². The van der Waals surface area contributed by atoms with Crippen molar-refractivity contribution in [2.45, 2.75) is 35.7 Å². The van der Waals surface area contributed by atoms with Crippen LogP contribution in [0.25, 0.3) is 0 Å². The fourth-order valence-electron chi connectivity index (χ4n) is 2.57. The lowest BCUT2D eigenvalue weighted by molar-refractivity contribution is 0.604. The SMILES string of the molecule is S=C1CCCCC12SC2c1ccccc1. The van der Waals surface area contributed by atoms with Crippen molar-refractivity contribution in [1.29, 1.82) is 0 Å². The first-order chi connectivity index (χ1) is 7.33. The van der Waals surface area contributed by atoms with E-state index in [-0.39, 0.29) is 0 Å². The van der Waals surface area contributed by atoms with Crippen molar-refractivity contribution in [2.24, 2.45) is 0 Å². The van der Waals surface area contributed by atoms with E-state index in [0.717, 1.165) is 0 Å². The topological polar surface area (TPSA) is 0 Å². The Morgan fingerprint density at radius 1 is 1.20 bits per heavy atom. The summed E-state index contributed by atoms with van der Waals surface area (Å²) in [6, 6.07) is 10.8. The number of hydrogen-bond acceptors (Lipinski definition) is 2. The lowest BCUT2D eigenvalue weighted by Crippen LogP contribution is -2.26. The van der Waals surface area contributed by atoms with Gasteiger partial charge in [-0.2, -0.15) is 0 Å². The summed E-state index contributed by atoms with van der Waals surface area (Å²) in [6.07, 6.45) is 5.14. The molecule has 1 spiro atoms. The van der Waals surface area contributed by atoms with E-state index in [1.54, 1.807) is 0 Å². The third kappa shape index (κ3) is 1.55. The van der Waals surface area contributed by atoms with Gasteiger partial charge in [-0.25, -0.2) is 0 Å². The Labute approximate surface area is 100 Å². The third-order valence-electron chi connectivity index (χ3n) is 3.47. The predicted octanol–water partition coefficient (Wildman–Crippen LogP) is 4.16. The lowest BCUT2D eigenvalue weighted by Gasteiger charge is -2.22. The fraction of sp³-hybridized carbons (Fsp3) is 0.462. The summed E-state index contributed by atoms with van der Waals surface area (Å²) in [7, 11) is 0. The second-order valence-electron chi connectivity index (χ2n) is 4.43. The maximum atomic E-state index is 5.56. The summed E-state index contributed by atoms with van der Waals surface area (Å²) >= 11 is 7.64. The van der Waals surface area contributed by atoms with E-state index in [9.17, 15) is 0 Å². The van der Waals surface area contributed by atoms with Crippen molar-refractivity contribution in [2.75, 3.05) is 0 Å². The Bertz CT molecular complexity index is 385. The van der Waals surface area contributed by atoms with Crippen LogP contribution < -0.4 is 0 Å². The van der Waals surface area contributed by atoms with E-state index in [4.69, 9.17) is 12.2 Å². The van der Waals surface area contributed by atoms with Gasteiger partial charge >= 0.3 is 0 Å². The largest absolute Gasteiger partial charge is 0.138 e. The summed E-state index contributed by atoms with van der Waals surface area (Å²) < 4.78 is 0.356. The first-order valence-electron chi connectivity index (χ1n) is 5.59. The molecule has 2 atom stereocenters. The first-order valence-corrected chi connectivity index (χ1v) is 6.88. The minimum atomic E-state index is 0.356. The Hall–Kier alpha value is -0.340. The molecule has 1 saturated heterocycles. The molecule has 1 aromatic rings. The normalized spacial score (nSPS) is 34.4. The molecule has 0 bridgehead atoms. The standard InChI is InChI=1S/C13H14S2/c14-11-8-4-5-9-13(11)12(15-13)10-6-2-1-3-7-10/h1-3,6-7,12H,4-5,8-9H2. The third-order valence-corrected chi connectivity index (χ3v) is 5.93. The van der Waals surface area contributed by atoms with Gasteiger partial charge < -0.3 is 0 Å². The zero-order chi connectivity index (χ0) is 10.3. The van der Waals surface area contributed by atoms with E-state index >= 15 is 0 Å². The fourth-order valence-corrected chi connectivity index (χ4v) is 4.69. The number of thioether (sulfide) groups is 1. The van der Waals surface area contributed by atoms with Crippen LogP contribution in [-0.2, 0) is 0 Å². The first kappa shape index (κ1) is 9.86. The van der Waals surface area contributed by atoms with Crippen LogP contribution in [0, 0.1) is 0 Å². The number of hydrogen-bond donors (Lipinski definition) is 0. The molecule has 0 radical (unpaired) electrons. The molecule has 15 heavy (non-hydrogen) atoms. The van der Waals surface area contributed by atoms with Crippen molar-refractivity contribution in [3.8, 4) is 0 Å². The van der Waals surface area contributed by atoms with E-state index < -0.39 is 0 Å². The van der Waals surface area contributed by atoms with Crippen molar-refractivity contribution in [3.63, 3.8) is 0 Å². The molecule has 0 nitrogen and oxygen atoms in total. The molecule has 0 aromatic heterocycles. The van der Waals surface area contributed by atoms with E-state index in [2.05, 4.69) is 42.1 Å². The predicted molar refractivity (Wildman–Crippen MR) is 70.6 cm³/mol. The molecule has 1 heterocycles. The minimum absolute atomic E-state index is 0.356. The van der Waals surface area contributed by atoms with Gasteiger partial charge in [0.15, 0.2) is 0 Å². The van der Waals surface area contributed by atoms with Crippen LogP contribution in [0.2, 0.25) is 0 Å². The highest BCUT2D eigenvalue weighted by Gasteiger charge is 2.58. The van der Waals surface area contributed by atoms with Gasteiger partial charge in [0.05, 0.1) is 4.75 Å². The van der Waals surface area contributed by atoms with Crippen LogP contribution in [0.1, 0.15) is 36.5 Å². The average molecular weight is 234 g/mol. The van der Waals surface area contributed by atoms with Crippen LogP contribution in [0.4, 0.5) is 0 Å². The summed E-state index contributed by atoms with van der Waals surface area (Å²) in [5.41, 5.74) is 1.46. The number of benzene rings is 1. The highest BCUT2D eigenvalue weighted by molar-refractivity contribution is 8.10. The molecule has 1 aliphatic heterocycles. The van der Waals surface area contributed by atoms with Gasteiger partial charge in [0.25, 0.3) is 0 Å². The lowest BCUT2D eigenvalue weighted by atomic mass is 9.84. The molecule has 2 heteroatoms. The van der Waals surface area contributed by atoms with Crippen molar-refractivity contribution in [3.05, 3.63) is 35.9 Å². The summed E-state index contributed by atoms with van der Waals surface area (Å²) in [5.74, 6) is 0. The van der Waals surface area contributed by atoms with Gasteiger partial charge in [-0.1, -0.05) is 49.0 Å². The Morgan fingerprint density at radius 3 is 2.73 bits per heavy atom. The number of rotatable bonds is 1. The summed E-state index contributed by atoms with van der Waals surface area (Å²) in [6.45, 7) is 0. The van der Waals surface area contributed by atoms with Crippen LogP contribution in [-0.4, -0.2) is 9.61 Å². The Kier molecular flexibility index (Phi) is 2.37. The van der Waals surface area contributed by atoms with Crippen LogP contribution in [0.15, 0.2) is 30.3 Å². The van der Waals surface area contributed by atoms with Gasteiger partial charge in [0.1, 0.15) is 0 Å². The molecule has 0 amide bonds. The molecule has 78 valence electrons. The highest BCUT2D eigenvalue weighted by atomic mass is 32.2. The van der Waals surface area contributed by atoms with Crippen molar-refractivity contribution < 1.29 is 0 Å². The van der Waals surface area contributed by atoms with Gasteiger partial charge in [-0.15, -0.1) is 11.8 Å².